The molecule has 0 fully saturated rings. The Bertz CT molecular complexity index is 866. The lowest BCUT2D eigenvalue weighted by molar-refractivity contribution is 0.468. The monoisotopic (exact) mass is 391 g/mol. The van der Waals surface area contributed by atoms with E-state index in [1.807, 2.05) is 53.4 Å². The predicted molar refractivity (Wildman–Crippen MR) is 108 cm³/mol. The van der Waals surface area contributed by atoms with E-state index >= 15 is 0 Å². The molecule has 6 nitrogen and oxygen atoms in total. The molecule has 0 amide bonds. The van der Waals surface area contributed by atoms with Gasteiger partial charge in [-0.1, -0.05) is 30.3 Å². The van der Waals surface area contributed by atoms with E-state index in [4.69, 9.17) is 5.73 Å². The number of hydrogen-bond donors (Lipinski definition) is 2. The molecule has 2 heterocycles. The van der Waals surface area contributed by atoms with Crippen LogP contribution in [0.3, 0.4) is 0 Å². The van der Waals surface area contributed by atoms with Crippen LogP contribution in [0.25, 0.3) is 10.9 Å². The number of aromatic hydroxyl groups is 1. The van der Waals surface area contributed by atoms with Crippen LogP contribution in [0.1, 0.15) is 5.56 Å². The fraction of sp³-hybridized carbons (Fsp3) is 0.0556. The number of halogens is 2. The second-order valence-electron chi connectivity index (χ2n) is 5.17. The van der Waals surface area contributed by atoms with E-state index in [0.29, 0.717) is 12.2 Å². The lowest BCUT2D eigenvalue weighted by Crippen LogP contribution is -1.98. The zero-order valence-corrected chi connectivity index (χ0v) is 15.4. The fourth-order valence-electron chi connectivity index (χ4n) is 2.24. The van der Waals surface area contributed by atoms with Crippen LogP contribution in [0.15, 0.2) is 73.7 Å². The Kier molecular flexibility index (Phi) is 8.34. The number of rotatable bonds is 2. The minimum Gasteiger partial charge on any atom is -0.505 e. The molecule has 3 N–H and O–H groups in total. The molecular weight excluding hydrogens is 373 g/mol. The molecule has 0 radical (unpaired) electrons. The molecule has 0 unspecified atom stereocenters. The van der Waals surface area contributed by atoms with Crippen molar-refractivity contribution in [2.24, 2.45) is 0 Å². The Balaban J connectivity index is 0.000000252. The Morgan fingerprint density at radius 2 is 1.81 bits per heavy atom. The van der Waals surface area contributed by atoms with E-state index in [-0.39, 0.29) is 30.6 Å². The third-order valence-electron chi connectivity index (χ3n) is 3.48. The van der Waals surface area contributed by atoms with Crippen LogP contribution in [0.5, 0.6) is 5.75 Å². The van der Waals surface area contributed by atoms with Crippen LogP contribution in [-0.2, 0) is 6.54 Å². The number of benzene rings is 2. The number of aromatic nitrogens is 4. The van der Waals surface area contributed by atoms with Crippen molar-refractivity contribution < 1.29 is 5.11 Å². The van der Waals surface area contributed by atoms with Gasteiger partial charge in [0.05, 0.1) is 24.1 Å². The highest BCUT2D eigenvalue weighted by atomic mass is 35.5. The van der Waals surface area contributed by atoms with Crippen molar-refractivity contribution in [1.29, 1.82) is 0 Å². The number of anilines is 1. The van der Waals surface area contributed by atoms with Gasteiger partial charge in [0, 0.05) is 29.5 Å². The maximum atomic E-state index is 9.64. The number of fused-ring (bicyclic) bond motifs is 1. The van der Waals surface area contributed by atoms with E-state index < -0.39 is 0 Å². The maximum absolute atomic E-state index is 9.64. The minimum atomic E-state index is 0. The first-order valence-corrected chi connectivity index (χ1v) is 7.41. The van der Waals surface area contributed by atoms with Gasteiger partial charge in [-0.15, -0.1) is 24.8 Å². The molecule has 136 valence electrons. The zero-order valence-electron chi connectivity index (χ0n) is 13.8. The van der Waals surface area contributed by atoms with Gasteiger partial charge in [0.2, 0.25) is 0 Å². The molecule has 8 heteroatoms. The molecule has 0 saturated carbocycles. The molecular formula is C18H19Cl2N5O. The number of para-hydroxylation sites is 2. The summed E-state index contributed by atoms with van der Waals surface area (Å²) in [5.41, 5.74) is 7.77. The lowest BCUT2D eigenvalue weighted by Gasteiger charge is -2.06. The van der Waals surface area contributed by atoms with Gasteiger partial charge in [-0.25, -0.2) is 15.0 Å². The quantitative estimate of drug-likeness (QED) is 0.401. The first-order valence-electron chi connectivity index (χ1n) is 7.41. The molecule has 2 aromatic carbocycles. The molecule has 2 aromatic heterocycles. The van der Waals surface area contributed by atoms with Gasteiger partial charge in [0.1, 0.15) is 12.1 Å². The highest BCUT2D eigenvalue weighted by molar-refractivity contribution is 5.85. The standard InChI is InChI=1S/C10H11N3O.C8H6N2.2ClH/c11-9-3-1-2-8(10(9)14)6-13-5-4-12-7-13;1-2-4-8-7(3-1)5-9-6-10-8;;/h1-5,7,14H,6,11H2;1-6H;2*1H. The fourth-order valence-corrected chi connectivity index (χ4v) is 2.24. The van der Waals surface area contributed by atoms with Crippen molar-refractivity contribution in [2.45, 2.75) is 6.54 Å². The number of nitrogens with two attached hydrogens (primary N) is 1. The first-order chi connectivity index (χ1) is 11.7. The number of imidazole rings is 1. The second-order valence-corrected chi connectivity index (χ2v) is 5.17. The molecule has 4 rings (SSSR count). The smallest absolute Gasteiger partial charge is 0.143 e. The molecule has 0 saturated heterocycles. The largest absolute Gasteiger partial charge is 0.505 e. The topological polar surface area (TPSA) is 89.9 Å². The Morgan fingerprint density at radius 1 is 1.00 bits per heavy atom. The second kappa shape index (κ2) is 10.2. The summed E-state index contributed by atoms with van der Waals surface area (Å²) in [4.78, 5) is 11.9. The lowest BCUT2D eigenvalue weighted by atomic mass is 10.2. The molecule has 0 aliphatic heterocycles. The summed E-state index contributed by atoms with van der Waals surface area (Å²) in [5.74, 6) is 0.154. The zero-order chi connectivity index (χ0) is 16.8. The average Bonchev–Trinajstić information content (AvgIpc) is 3.13. The Morgan fingerprint density at radius 3 is 2.54 bits per heavy atom. The molecule has 0 atom stereocenters. The van der Waals surface area contributed by atoms with E-state index in [1.54, 1.807) is 24.9 Å². The summed E-state index contributed by atoms with van der Waals surface area (Å²) in [6.45, 7) is 0.580. The minimum absolute atomic E-state index is 0. The Hall–Kier alpha value is -2.83. The van der Waals surface area contributed by atoms with Gasteiger partial charge < -0.3 is 15.4 Å². The van der Waals surface area contributed by atoms with Gasteiger partial charge in [-0.2, -0.15) is 0 Å². The number of hydrogen-bond acceptors (Lipinski definition) is 5. The van der Waals surface area contributed by atoms with Crippen molar-refractivity contribution in [1.82, 2.24) is 19.5 Å². The summed E-state index contributed by atoms with van der Waals surface area (Å²) >= 11 is 0. The molecule has 0 bridgehead atoms. The molecule has 0 aliphatic rings. The number of nitrogen functional groups attached to an aromatic ring is 1. The van der Waals surface area contributed by atoms with Crippen molar-refractivity contribution in [3.8, 4) is 5.75 Å². The van der Waals surface area contributed by atoms with Gasteiger partial charge in [-0.05, 0) is 12.1 Å². The molecule has 0 spiro atoms. The summed E-state index contributed by atoms with van der Waals surface area (Å²) in [6.07, 6.45) is 8.60. The highest BCUT2D eigenvalue weighted by Crippen LogP contribution is 2.24. The SMILES string of the molecule is Cl.Cl.Nc1cccc(Cn2ccnc2)c1O.c1ccc2ncncc2c1. The molecule has 26 heavy (non-hydrogen) atoms. The number of phenolic OH excluding ortho intramolecular Hbond substituents is 1. The van der Waals surface area contributed by atoms with Gasteiger partial charge in [0.15, 0.2) is 0 Å². The van der Waals surface area contributed by atoms with Crippen LogP contribution in [0.4, 0.5) is 5.69 Å². The summed E-state index contributed by atoms with van der Waals surface area (Å²) < 4.78 is 1.87. The normalized spacial score (nSPS) is 9.38. The van der Waals surface area contributed by atoms with Crippen molar-refractivity contribution in [3.63, 3.8) is 0 Å². The van der Waals surface area contributed by atoms with Gasteiger partial charge in [0.25, 0.3) is 0 Å². The van der Waals surface area contributed by atoms with Crippen LogP contribution in [0, 0.1) is 0 Å². The van der Waals surface area contributed by atoms with Crippen molar-refractivity contribution in [3.05, 3.63) is 79.3 Å². The number of nitrogens with zero attached hydrogens (tertiary/aromatic N) is 4. The van der Waals surface area contributed by atoms with Crippen molar-refractivity contribution in [2.75, 3.05) is 5.73 Å². The summed E-state index contributed by atoms with van der Waals surface area (Å²) in [6, 6.07) is 13.2. The van der Waals surface area contributed by atoms with Gasteiger partial charge >= 0.3 is 0 Å². The van der Waals surface area contributed by atoms with E-state index in [2.05, 4.69) is 15.0 Å². The van der Waals surface area contributed by atoms with Crippen LogP contribution >= 0.6 is 24.8 Å². The third kappa shape index (κ3) is 5.34. The van der Waals surface area contributed by atoms with Crippen LogP contribution < -0.4 is 5.73 Å². The summed E-state index contributed by atoms with van der Waals surface area (Å²) in [7, 11) is 0. The Labute approximate surface area is 163 Å². The van der Waals surface area contributed by atoms with E-state index in [1.165, 1.54) is 0 Å². The van der Waals surface area contributed by atoms with Gasteiger partial charge in [-0.3, -0.25) is 0 Å². The summed E-state index contributed by atoms with van der Waals surface area (Å²) in [5, 5.41) is 10.7. The molecule has 0 aliphatic carbocycles. The average molecular weight is 392 g/mol. The first kappa shape index (κ1) is 21.2. The van der Waals surface area contributed by atoms with E-state index in [9.17, 15) is 5.11 Å². The van der Waals surface area contributed by atoms with Crippen LogP contribution in [-0.4, -0.2) is 24.6 Å². The van der Waals surface area contributed by atoms with Crippen molar-refractivity contribution >= 4 is 41.4 Å². The van der Waals surface area contributed by atoms with Crippen LogP contribution in [0.2, 0.25) is 0 Å². The highest BCUT2D eigenvalue weighted by Gasteiger charge is 2.03. The maximum Gasteiger partial charge on any atom is 0.143 e. The third-order valence-corrected chi connectivity index (χ3v) is 3.48. The molecule has 4 aromatic rings. The van der Waals surface area contributed by atoms with E-state index in [0.717, 1.165) is 16.5 Å². The predicted octanol–water partition coefficient (Wildman–Crippen LogP) is 3.69. The number of phenols is 1.